The number of nitrogens with one attached hydrogen (secondary N) is 1. The molecule has 1 N–H and O–H groups in total. The molecule has 3 heterocycles. The van der Waals surface area contributed by atoms with Gasteiger partial charge in [0.1, 0.15) is 9.84 Å². The third-order valence-electron chi connectivity index (χ3n) is 2.91. The van der Waals surface area contributed by atoms with Gasteiger partial charge in [-0.3, -0.25) is 14.8 Å². The quantitative estimate of drug-likeness (QED) is 0.807. The van der Waals surface area contributed by atoms with E-state index in [9.17, 15) is 4.79 Å². The van der Waals surface area contributed by atoms with Gasteiger partial charge in [-0.15, -0.1) is 21.5 Å². The number of amides is 1. The minimum Gasteiger partial charge on any atom is -0.296 e. The van der Waals surface area contributed by atoms with Crippen LogP contribution in [-0.2, 0) is 13.5 Å². The Kier molecular flexibility index (Phi) is 3.27. The van der Waals surface area contributed by atoms with Crippen LogP contribution in [0.4, 0.5) is 5.13 Å². The predicted molar refractivity (Wildman–Crippen MR) is 80.6 cm³/mol. The van der Waals surface area contributed by atoms with Crippen LogP contribution in [0.2, 0.25) is 0 Å². The number of aromatic nitrogens is 4. The third-order valence-corrected chi connectivity index (χ3v) is 5.09. The molecule has 8 heteroatoms. The molecule has 0 radical (unpaired) electrons. The maximum absolute atomic E-state index is 12.2. The van der Waals surface area contributed by atoms with Crippen molar-refractivity contribution in [2.45, 2.75) is 20.3 Å². The fourth-order valence-corrected chi connectivity index (χ4v) is 3.62. The first kappa shape index (κ1) is 13.2. The van der Waals surface area contributed by atoms with Crippen molar-refractivity contribution >= 4 is 43.9 Å². The van der Waals surface area contributed by atoms with Gasteiger partial charge in [0.15, 0.2) is 0 Å². The molecular formula is C12H13N5OS2. The lowest BCUT2D eigenvalue weighted by molar-refractivity contribution is 0.103. The average molecular weight is 307 g/mol. The molecule has 20 heavy (non-hydrogen) atoms. The second kappa shape index (κ2) is 4.95. The van der Waals surface area contributed by atoms with Gasteiger partial charge in [0.05, 0.1) is 10.6 Å². The van der Waals surface area contributed by atoms with Crippen molar-refractivity contribution in [3.05, 3.63) is 21.6 Å². The van der Waals surface area contributed by atoms with Gasteiger partial charge in [0, 0.05) is 12.4 Å². The Balaban J connectivity index is 1.86. The Bertz CT molecular complexity index is 751. The van der Waals surface area contributed by atoms with E-state index in [-0.39, 0.29) is 5.91 Å². The summed E-state index contributed by atoms with van der Waals surface area (Å²) in [5, 5.41) is 17.5. The number of carbonyl (C=O) groups is 1. The van der Waals surface area contributed by atoms with Crippen LogP contribution < -0.4 is 5.32 Å². The van der Waals surface area contributed by atoms with Crippen molar-refractivity contribution in [3.63, 3.8) is 0 Å². The van der Waals surface area contributed by atoms with Gasteiger partial charge in [0.25, 0.3) is 5.91 Å². The zero-order valence-corrected chi connectivity index (χ0v) is 12.9. The van der Waals surface area contributed by atoms with E-state index in [4.69, 9.17) is 0 Å². The Hall–Kier alpha value is -1.80. The van der Waals surface area contributed by atoms with Crippen LogP contribution in [0, 0.1) is 6.92 Å². The van der Waals surface area contributed by atoms with Crippen molar-refractivity contribution in [2.24, 2.45) is 7.05 Å². The third kappa shape index (κ3) is 2.20. The van der Waals surface area contributed by atoms with Crippen molar-refractivity contribution in [1.82, 2.24) is 20.0 Å². The number of thiophene rings is 1. The van der Waals surface area contributed by atoms with E-state index < -0.39 is 0 Å². The monoisotopic (exact) mass is 307 g/mol. The van der Waals surface area contributed by atoms with E-state index in [1.165, 1.54) is 22.7 Å². The van der Waals surface area contributed by atoms with Crippen LogP contribution in [0.25, 0.3) is 10.2 Å². The number of anilines is 1. The summed E-state index contributed by atoms with van der Waals surface area (Å²) in [5.41, 5.74) is 0.932. The lowest BCUT2D eigenvalue weighted by Crippen LogP contribution is -2.09. The molecule has 3 aromatic heterocycles. The molecule has 0 aliphatic carbocycles. The highest BCUT2D eigenvalue weighted by molar-refractivity contribution is 7.20. The van der Waals surface area contributed by atoms with Gasteiger partial charge in [-0.2, -0.15) is 5.10 Å². The summed E-state index contributed by atoms with van der Waals surface area (Å²) < 4.78 is 1.80. The van der Waals surface area contributed by atoms with Crippen LogP contribution in [-0.4, -0.2) is 25.9 Å². The van der Waals surface area contributed by atoms with Crippen molar-refractivity contribution < 1.29 is 4.79 Å². The van der Waals surface area contributed by atoms with E-state index in [1.54, 1.807) is 4.68 Å². The topological polar surface area (TPSA) is 72.7 Å². The summed E-state index contributed by atoms with van der Waals surface area (Å²) in [6.45, 7) is 3.95. The lowest BCUT2D eigenvalue weighted by atomic mass is 10.3. The molecular weight excluding hydrogens is 294 g/mol. The van der Waals surface area contributed by atoms with Crippen LogP contribution in [0.1, 0.15) is 27.3 Å². The molecule has 0 atom stereocenters. The molecule has 0 aliphatic rings. The first-order valence-corrected chi connectivity index (χ1v) is 7.78. The number of rotatable bonds is 3. The Morgan fingerprint density at radius 2 is 2.20 bits per heavy atom. The molecule has 104 valence electrons. The van der Waals surface area contributed by atoms with Gasteiger partial charge in [-0.25, -0.2) is 0 Å². The molecule has 0 saturated heterocycles. The smallest absolute Gasteiger partial charge is 0.267 e. The summed E-state index contributed by atoms with van der Waals surface area (Å²) in [6.07, 6.45) is 0.821. The van der Waals surface area contributed by atoms with Crippen LogP contribution in [0.15, 0.2) is 6.07 Å². The van der Waals surface area contributed by atoms with Crippen LogP contribution in [0.3, 0.4) is 0 Å². The molecule has 0 bridgehead atoms. The van der Waals surface area contributed by atoms with Gasteiger partial charge < -0.3 is 0 Å². The summed E-state index contributed by atoms with van der Waals surface area (Å²) >= 11 is 2.83. The minimum atomic E-state index is -0.149. The summed E-state index contributed by atoms with van der Waals surface area (Å²) in [5.74, 6) is -0.149. The van der Waals surface area contributed by atoms with Gasteiger partial charge in [0.2, 0.25) is 5.13 Å². The molecule has 0 aromatic carbocycles. The van der Waals surface area contributed by atoms with Gasteiger partial charge >= 0.3 is 0 Å². The summed E-state index contributed by atoms with van der Waals surface area (Å²) in [7, 11) is 1.88. The highest BCUT2D eigenvalue weighted by Gasteiger charge is 2.16. The second-order valence-corrected chi connectivity index (χ2v) is 6.44. The zero-order chi connectivity index (χ0) is 14.3. The van der Waals surface area contributed by atoms with Crippen molar-refractivity contribution in [2.75, 3.05) is 5.32 Å². The summed E-state index contributed by atoms with van der Waals surface area (Å²) in [6, 6.07) is 1.87. The number of hydrogen-bond donors (Lipinski definition) is 1. The standard InChI is InChI=1S/C12H13N5OS2/c1-4-9-14-15-12(20-9)13-10(18)8-5-7-6(2)16-17(3)11(7)19-8/h5H,4H2,1-3H3,(H,13,15,18). The minimum absolute atomic E-state index is 0.149. The lowest BCUT2D eigenvalue weighted by Gasteiger charge is -1.96. The first-order valence-electron chi connectivity index (χ1n) is 6.15. The number of carbonyl (C=O) groups excluding carboxylic acids is 1. The maximum atomic E-state index is 12.2. The largest absolute Gasteiger partial charge is 0.296 e. The Labute approximate surface area is 123 Å². The normalized spacial score (nSPS) is 11.2. The van der Waals surface area contributed by atoms with E-state index in [0.29, 0.717) is 10.0 Å². The fourth-order valence-electron chi connectivity index (χ4n) is 1.92. The van der Waals surface area contributed by atoms with Crippen molar-refractivity contribution in [1.29, 1.82) is 0 Å². The maximum Gasteiger partial charge on any atom is 0.267 e. The number of nitrogens with zero attached hydrogens (tertiary/aromatic N) is 4. The molecule has 1 amide bonds. The molecule has 0 aliphatic heterocycles. The number of fused-ring (bicyclic) bond motifs is 1. The molecule has 6 nitrogen and oxygen atoms in total. The highest BCUT2D eigenvalue weighted by atomic mass is 32.1. The van der Waals surface area contributed by atoms with Crippen molar-refractivity contribution in [3.8, 4) is 0 Å². The molecule has 3 aromatic rings. The van der Waals surface area contributed by atoms with E-state index in [0.717, 1.165) is 27.3 Å². The van der Waals surface area contributed by atoms with E-state index in [2.05, 4.69) is 20.6 Å². The van der Waals surface area contributed by atoms with Gasteiger partial charge in [-0.1, -0.05) is 18.3 Å². The predicted octanol–water partition coefficient (Wildman–Crippen LogP) is 2.61. The van der Waals surface area contributed by atoms with E-state index in [1.807, 2.05) is 27.0 Å². The average Bonchev–Trinajstić information content (AvgIpc) is 3.08. The molecule has 0 spiro atoms. The molecule has 0 saturated carbocycles. The highest BCUT2D eigenvalue weighted by Crippen LogP contribution is 2.28. The number of aryl methyl sites for hydroxylation is 3. The summed E-state index contributed by atoms with van der Waals surface area (Å²) in [4.78, 5) is 13.9. The molecule has 3 rings (SSSR count). The fraction of sp³-hybridized carbons (Fsp3) is 0.333. The van der Waals surface area contributed by atoms with Crippen LogP contribution in [0.5, 0.6) is 0 Å². The zero-order valence-electron chi connectivity index (χ0n) is 11.3. The Morgan fingerprint density at radius 1 is 1.40 bits per heavy atom. The van der Waals surface area contributed by atoms with E-state index >= 15 is 0 Å². The first-order chi connectivity index (χ1) is 9.58. The molecule has 0 unspecified atom stereocenters. The molecule has 0 fully saturated rings. The van der Waals surface area contributed by atoms with Gasteiger partial charge in [-0.05, 0) is 19.4 Å². The second-order valence-electron chi connectivity index (χ2n) is 4.35. The SMILES string of the molecule is CCc1nnc(NC(=O)c2cc3c(C)nn(C)c3s2)s1. The van der Waals surface area contributed by atoms with Crippen LogP contribution >= 0.6 is 22.7 Å². The number of hydrogen-bond acceptors (Lipinski definition) is 6. The Morgan fingerprint density at radius 3 is 2.85 bits per heavy atom.